The summed E-state index contributed by atoms with van der Waals surface area (Å²) in [5, 5.41) is 10.3. The Morgan fingerprint density at radius 1 is 1.32 bits per heavy atom. The minimum Gasteiger partial charge on any atom is -0.361 e. The van der Waals surface area contributed by atoms with E-state index in [-0.39, 0.29) is 0 Å². The summed E-state index contributed by atoms with van der Waals surface area (Å²) in [4.78, 5) is 5.67. The Hall–Kier alpha value is -1.79. The predicted molar refractivity (Wildman–Crippen MR) is 77.1 cm³/mol. The van der Waals surface area contributed by atoms with Gasteiger partial charge >= 0.3 is 0 Å². The van der Waals surface area contributed by atoms with Crippen molar-refractivity contribution in [2.45, 2.75) is 31.2 Å². The summed E-state index contributed by atoms with van der Waals surface area (Å²) in [7, 11) is 4.33. The number of nitrogens with one attached hydrogen (secondary N) is 1. The zero-order chi connectivity index (χ0) is 13.4. The van der Waals surface area contributed by atoms with Crippen LogP contribution in [-0.2, 0) is 0 Å². The molecule has 1 saturated carbocycles. The molecule has 0 spiro atoms. The maximum absolute atomic E-state index is 9.04. The number of aromatic nitrogens is 1. The molecule has 0 bridgehead atoms. The largest absolute Gasteiger partial charge is 0.361 e. The Labute approximate surface area is 113 Å². The fraction of sp³-hybridized carbons (Fsp3) is 0.438. The highest BCUT2D eigenvalue weighted by Gasteiger charge is 2.28. The van der Waals surface area contributed by atoms with Crippen molar-refractivity contribution in [3.8, 4) is 6.07 Å². The summed E-state index contributed by atoms with van der Waals surface area (Å²) in [6.07, 6.45) is 5.86. The Bertz CT molecular complexity index is 633. The third kappa shape index (κ3) is 2.13. The molecule has 19 heavy (non-hydrogen) atoms. The van der Waals surface area contributed by atoms with E-state index >= 15 is 0 Å². The van der Waals surface area contributed by atoms with E-state index < -0.39 is 0 Å². The van der Waals surface area contributed by atoms with Crippen molar-refractivity contribution in [1.82, 2.24) is 9.88 Å². The first-order valence-corrected chi connectivity index (χ1v) is 6.86. The van der Waals surface area contributed by atoms with Gasteiger partial charge in [-0.15, -0.1) is 0 Å². The summed E-state index contributed by atoms with van der Waals surface area (Å²) in [6, 6.07) is 8.82. The molecule has 0 saturated heterocycles. The quantitative estimate of drug-likeness (QED) is 0.892. The lowest BCUT2D eigenvalue weighted by atomic mass is 9.96. The van der Waals surface area contributed by atoms with Crippen LogP contribution in [0.4, 0.5) is 0 Å². The van der Waals surface area contributed by atoms with Crippen molar-refractivity contribution in [3.05, 3.63) is 35.5 Å². The zero-order valence-electron chi connectivity index (χ0n) is 11.5. The first kappa shape index (κ1) is 12.3. The van der Waals surface area contributed by atoms with Crippen molar-refractivity contribution in [3.63, 3.8) is 0 Å². The molecule has 0 aliphatic heterocycles. The van der Waals surface area contributed by atoms with E-state index in [1.807, 2.05) is 18.2 Å². The molecule has 1 aliphatic carbocycles. The maximum Gasteiger partial charge on any atom is 0.0991 e. The number of benzene rings is 1. The molecule has 1 heterocycles. The number of H-pyrrole nitrogens is 1. The van der Waals surface area contributed by atoms with Crippen LogP contribution in [0.1, 0.15) is 36.3 Å². The van der Waals surface area contributed by atoms with E-state index in [0.29, 0.717) is 12.0 Å². The summed E-state index contributed by atoms with van der Waals surface area (Å²) in [6.45, 7) is 0. The van der Waals surface area contributed by atoms with Gasteiger partial charge in [-0.3, -0.25) is 0 Å². The number of hydrogen-bond acceptors (Lipinski definition) is 2. The molecule has 98 valence electrons. The molecule has 3 rings (SSSR count). The molecule has 1 aromatic heterocycles. The molecule has 1 fully saturated rings. The van der Waals surface area contributed by atoms with Gasteiger partial charge in [0.1, 0.15) is 0 Å². The van der Waals surface area contributed by atoms with Crippen LogP contribution in [0.2, 0.25) is 0 Å². The molecule has 3 heteroatoms. The van der Waals surface area contributed by atoms with Gasteiger partial charge in [0.05, 0.1) is 11.6 Å². The number of nitrogens with zero attached hydrogens (tertiary/aromatic N) is 2. The minimum atomic E-state index is 0.620. The van der Waals surface area contributed by atoms with Gasteiger partial charge in [-0.05, 0) is 63.0 Å². The van der Waals surface area contributed by atoms with Crippen LogP contribution in [0.3, 0.4) is 0 Å². The van der Waals surface area contributed by atoms with E-state index in [1.54, 1.807) is 0 Å². The molecular weight excluding hydrogens is 234 g/mol. The fourth-order valence-electron chi connectivity index (χ4n) is 3.26. The third-order valence-electron chi connectivity index (χ3n) is 4.42. The Morgan fingerprint density at radius 2 is 2.16 bits per heavy atom. The van der Waals surface area contributed by atoms with Crippen molar-refractivity contribution >= 4 is 10.9 Å². The number of fused-ring (bicyclic) bond motifs is 1. The number of aromatic amines is 1. The number of nitriles is 1. The minimum absolute atomic E-state index is 0.620. The standard InChI is InChI=1S/C16H19N3/c1-19(2)13-5-4-12(8-13)15-10-18-16-6-3-11(9-17)7-14(15)16/h3,6-7,10,12-13,18H,4-5,8H2,1-2H3/t12-,13-/m0/s1. The van der Waals surface area contributed by atoms with Gasteiger partial charge in [-0.2, -0.15) is 5.26 Å². The van der Waals surface area contributed by atoms with Gasteiger partial charge in [0.15, 0.2) is 0 Å². The molecule has 0 unspecified atom stereocenters. The van der Waals surface area contributed by atoms with Gasteiger partial charge < -0.3 is 9.88 Å². The number of rotatable bonds is 2. The molecule has 1 aromatic carbocycles. The van der Waals surface area contributed by atoms with Crippen LogP contribution in [0, 0.1) is 11.3 Å². The van der Waals surface area contributed by atoms with E-state index in [9.17, 15) is 0 Å². The van der Waals surface area contributed by atoms with Crippen molar-refractivity contribution in [1.29, 1.82) is 5.26 Å². The smallest absolute Gasteiger partial charge is 0.0991 e. The summed E-state index contributed by atoms with van der Waals surface area (Å²) in [5.41, 5.74) is 3.27. The molecule has 2 aromatic rings. The molecule has 3 nitrogen and oxygen atoms in total. The average molecular weight is 253 g/mol. The Morgan fingerprint density at radius 3 is 2.84 bits per heavy atom. The highest BCUT2D eigenvalue weighted by atomic mass is 15.1. The Kier molecular flexibility index (Phi) is 3.04. The molecule has 0 amide bonds. The van der Waals surface area contributed by atoms with E-state index in [2.05, 4.69) is 36.2 Å². The topological polar surface area (TPSA) is 42.8 Å². The molecule has 1 N–H and O–H groups in total. The van der Waals surface area contributed by atoms with Crippen molar-refractivity contribution in [2.24, 2.45) is 0 Å². The maximum atomic E-state index is 9.04. The number of hydrogen-bond donors (Lipinski definition) is 1. The van der Waals surface area contributed by atoms with E-state index in [1.165, 1.54) is 30.2 Å². The van der Waals surface area contributed by atoms with Gasteiger partial charge in [-0.1, -0.05) is 0 Å². The lowest BCUT2D eigenvalue weighted by molar-refractivity contribution is 0.297. The zero-order valence-corrected chi connectivity index (χ0v) is 11.5. The average Bonchev–Trinajstić information content (AvgIpc) is 3.03. The van der Waals surface area contributed by atoms with E-state index in [0.717, 1.165) is 11.1 Å². The second-order valence-corrected chi connectivity index (χ2v) is 5.74. The van der Waals surface area contributed by atoms with Crippen LogP contribution in [0.25, 0.3) is 10.9 Å². The molecule has 1 aliphatic rings. The van der Waals surface area contributed by atoms with Crippen LogP contribution in [-0.4, -0.2) is 30.0 Å². The van der Waals surface area contributed by atoms with Crippen molar-refractivity contribution in [2.75, 3.05) is 14.1 Å². The predicted octanol–water partition coefficient (Wildman–Crippen LogP) is 3.24. The van der Waals surface area contributed by atoms with Crippen LogP contribution in [0.15, 0.2) is 24.4 Å². The fourth-order valence-corrected chi connectivity index (χ4v) is 3.26. The lowest BCUT2D eigenvalue weighted by Gasteiger charge is -2.18. The van der Waals surface area contributed by atoms with Gasteiger partial charge in [0.2, 0.25) is 0 Å². The van der Waals surface area contributed by atoms with Crippen LogP contribution >= 0.6 is 0 Å². The third-order valence-corrected chi connectivity index (χ3v) is 4.42. The van der Waals surface area contributed by atoms with Crippen LogP contribution in [0.5, 0.6) is 0 Å². The monoisotopic (exact) mass is 253 g/mol. The SMILES string of the molecule is CN(C)[C@H]1CC[C@H](c2c[nH]c3ccc(C#N)cc23)C1. The van der Waals surface area contributed by atoms with Gasteiger partial charge in [0, 0.05) is 23.1 Å². The van der Waals surface area contributed by atoms with Crippen molar-refractivity contribution < 1.29 is 0 Å². The first-order chi connectivity index (χ1) is 9.19. The second-order valence-electron chi connectivity index (χ2n) is 5.74. The summed E-state index contributed by atoms with van der Waals surface area (Å²) >= 11 is 0. The van der Waals surface area contributed by atoms with Gasteiger partial charge in [0.25, 0.3) is 0 Å². The highest BCUT2D eigenvalue weighted by molar-refractivity contribution is 5.85. The lowest BCUT2D eigenvalue weighted by Crippen LogP contribution is -2.24. The Balaban J connectivity index is 1.95. The molecular formula is C16H19N3. The molecule has 0 radical (unpaired) electrons. The normalized spacial score (nSPS) is 23.1. The van der Waals surface area contributed by atoms with E-state index in [4.69, 9.17) is 5.26 Å². The molecule has 2 atom stereocenters. The van der Waals surface area contributed by atoms with Gasteiger partial charge in [-0.25, -0.2) is 0 Å². The van der Waals surface area contributed by atoms with Crippen LogP contribution < -0.4 is 0 Å². The first-order valence-electron chi connectivity index (χ1n) is 6.86. The second kappa shape index (κ2) is 4.71. The summed E-state index contributed by atoms with van der Waals surface area (Å²) in [5.74, 6) is 0.620. The summed E-state index contributed by atoms with van der Waals surface area (Å²) < 4.78 is 0. The highest BCUT2D eigenvalue weighted by Crippen LogP contribution is 2.39.